The van der Waals surface area contributed by atoms with Crippen LogP contribution in [0.4, 0.5) is 4.79 Å². The molecule has 5 rings (SSSR count). The van der Waals surface area contributed by atoms with Crippen LogP contribution in [0, 0.1) is 0 Å². The fraction of sp³-hybridized carbons (Fsp3) is 0.207. The van der Waals surface area contributed by atoms with E-state index in [0.29, 0.717) is 18.3 Å². The van der Waals surface area contributed by atoms with Gasteiger partial charge in [0.15, 0.2) is 0 Å². The summed E-state index contributed by atoms with van der Waals surface area (Å²) in [6, 6.07) is 25.0. The molecule has 1 N–H and O–H groups in total. The van der Waals surface area contributed by atoms with E-state index in [1.54, 1.807) is 12.0 Å². The zero-order valence-electron chi connectivity index (χ0n) is 20.6. The van der Waals surface area contributed by atoms with E-state index in [1.807, 2.05) is 73.7 Å². The average Bonchev–Trinajstić information content (AvgIpc) is 3.41. The highest BCUT2D eigenvalue weighted by atomic mass is 16.5. The Morgan fingerprint density at radius 2 is 1.67 bits per heavy atom. The second kappa shape index (κ2) is 10.1. The number of benzene rings is 3. The summed E-state index contributed by atoms with van der Waals surface area (Å²) in [7, 11) is 1.63. The van der Waals surface area contributed by atoms with E-state index in [0.717, 1.165) is 40.1 Å². The van der Waals surface area contributed by atoms with Gasteiger partial charge in [0, 0.05) is 11.3 Å². The summed E-state index contributed by atoms with van der Waals surface area (Å²) in [5.41, 5.74) is 5.58. The van der Waals surface area contributed by atoms with Gasteiger partial charge < -0.3 is 14.6 Å². The zero-order valence-corrected chi connectivity index (χ0v) is 20.6. The summed E-state index contributed by atoms with van der Waals surface area (Å²) in [5, 5.41) is 7.41. The number of rotatable bonds is 7. The van der Waals surface area contributed by atoms with Crippen LogP contribution in [-0.2, 0) is 13.0 Å². The van der Waals surface area contributed by atoms with Gasteiger partial charge in [-0.05, 0) is 42.2 Å². The van der Waals surface area contributed by atoms with Gasteiger partial charge in [-0.15, -0.1) is 0 Å². The van der Waals surface area contributed by atoms with E-state index in [2.05, 4.69) is 29.5 Å². The van der Waals surface area contributed by atoms with E-state index >= 15 is 0 Å². The summed E-state index contributed by atoms with van der Waals surface area (Å²) in [6.45, 7) is 4.44. The van der Waals surface area contributed by atoms with Gasteiger partial charge in [0.1, 0.15) is 5.75 Å². The van der Waals surface area contributed by atoms with Crippen molar-refractivity contribution in [2.45, 2.75) is 32.9 Å². The smallest absolute Gasteiger partial charge is 0.322 e. The Bertz CT molecular complexity index is 1380. The Morgan fingerprint density at radius 3 is 2.33 bits per heavy atom. The second-order valence-electron chi connectivity index (χ2n) is 8.70. The molecule has 1 aromatic heterocycles. The van der Waals surface area contributed by atoms with Gasteiger partial charge in [-0.3, -0.25) is 4.90 Å². The van der Waals surface area contributed by atoms with Crippen LogP contribution in [0.25, 0.3) is 17.0 Å². The van der Waals surface area contributed by atoms with Crippen molar-refractivity contribution < 1.29 is 14.1 Å². The molecule has 1 aliphatic rings. The first-order chi connectivity index (χ1) is 17.6. The van der Waals surface area contributed by atoms with Crippen molar-refractivity contribution in [1.29, 1.82) is 0 Å². The zero-order chi connectivity index (χ0) is 25.1. The quantitative estimate of drug-likeness (QED) is 0.351. The van der Waals surface area contributed by atoms with Crippen molar-refractivity contribution in [3.8, 4) is 17.1 Å². The third-order valence-electron chi connectivity index (χ3n) is 6.51. The minimum Gasteiger partial charge on any atom is -0.497 e. The number of carbonyl (C=O) groups excluding carboxylic acids is 1. The number of nitrogens with one attached hydrogen (secondary N) is 1. The minimum atomic E-state index is -0.415. The van der Waals surface area contributed by atoms with E-state index in [9.17, 15) is 4.79 Å². The normalized spacial score (nSPS) is 15.7. The Balaban J connectivity index is 1.55. The molecule has 36 heavy (non-hydrogen) atoms. The van der Waals surface area contributed by atoms with Gasteiger partial charge in [0.05, 0.1) is 25.3 Å². The summed E-state index contributed by atoms with van der Waals surface area (Å²) in [4.78, 5) is 19.7. The first kappa shape index (κ1) is 23.4. The van der Waals surface area contributed by atoms with Crippen LogP contribution in [0.1, 0.15) is 42.5 Å². The van der Waals surface area contributed by atoms with Crippen LogP contribution in [0.2, 0.25) is 0 Å². The van der Waals surface area contributed by atoms with Crippen LogP contribution < -0.4 is 10.1 Å². The van der Waals surface area contributed by atoms with Gasteiger partial charge >= 0.3 is 6.03 Å². The highest BCUT2D eigenvalue weighted by Crippen LogP contribution is 2.37. The Hall–Kier alpha value is -4.39. The molecule has 4 aromatic rings. The Labute approximate surface area is 210 Å². The lowest BCUT2D eigenvalue weighted by Crippen LogP contribution is -2.45. The van der Waals surface area contributed by atoms with Crippen LogP contribution in [0.3, 0.4) is 0 Å². The number of hydrogen-bond donors (Lipinski definition) is 1. The fourth-order valence-corrected chi connectivity index (χ4v) is 4.40. The molecule has 0 fully saturated rings. The number of methoxy groups -OCH3 is 1. The topological polar surface area (TPSA) is 80.5 Å². The predicted octanol–water partition coefficient (Wildman–Crippen LogP) is 6.01. The highest BCUT2D eigenvalue weighted by molar-refractivity contribution is 5.86. The number of allylic oxidation sites excluding steroid dienone is 1. The van der Waals surface area contributed by atoms with Gasteiger partial charge in [0.2, 0.25) is 5.82 Å². The maximum absolute atomic E-state index is 13.3. The molecule has 2 heterocycles. The van der Waals surface area contributed by atoms with E-state index < -0.39 is 6.04 Å². The summed E-state index contributed by atoms with van der Waals surface area (Å²) in [6.07, 6.45) is 0.965. The predicted molar refractivity (Wildman–Crippen MR) is 138 cm³/mol. The summed E-state index contributed by atoms with van der Waals surface area (Å²) >= 11 is 0. The van der Waals surface area contributed by atoms with Gasteiger partial charge in [-0.25, -0.2) is 4.79 Å². The molecule has 0 radical (unpaired) electrons. The third-order valence-corrected chi connectivity index (χ3v) is 6.51. The van der Waals surface area contributed by atoms with Crippen molar-refractivity contribution in [2.75, 3.05) is 7.11 Å². The van der Waals surface area contributed by atoms with Crippen LogP contribution >= 0.6 is 0 Å². The largest absolute Gasteiger partial charge is 0.497 e. The van der Waals surface area contributed by atoms with E-state index in [1.165, 1.54) is 5.56 Å². The minimum absolute atomic E-state index is 0.184. The van der Waals surface area contributed by atoms with E-state index in [4.69, 9.17) is 14.2 Å². The SMILES string of the molecule is CCc1ccc(-c2noc(C3=C(C)N(Cc4ccc(OC)cc4)C(=O)NC3c3ccccc3)n2)cc1. The fourth-order valence-electron chi connectivity index (χ4n) is 4.40. The Morgan fingerprint density at radius 1 is 0.972 bits per heavy atom. The van der Waals surface area contributed by atoms with Crippen LogP contribution in [0.15, 0.2) is 89.1 Å². The van der Waals surface area contributed by atoms with Crippen molar-refractivity contribution >= 4 is 11.6 Å². The second-order valence-corrected chi connectivity index (χ2v) is 8.70. The van der Waals surface area contributed by atoms with Gasteiger partial charge in [-0.2, -0.15) is 4.98 Å². The molecular formula is C29H28N4O3. The monoisotopic (exact) mass is 480 g/mol. The molecule has 7 heteroatoms. The summed E-state index contributed by atoms with van der Waals surface area (Å²) in [5.74, 6) is 1.67. The molecule has 0 bridgehead atoms. The molecule has 1 unspecified atom stereocenters. The van der Waals surface area contributed by atoms with Crippen LogP contribution in [-0.4, -0.2) is 28.2 Å². The van der Waals surface area contributed by atoms with Crippen molar-refractivity contribution in [3.05, 3.63) is 107 Å². The van der Waals surface area contributed by atoms with Crippen molar-refractivity contribution in [3.63, 3.8) is 0 Å². The Kier molecular flexibility index (Phi) is 6.54. The lowest BCUT2D eigenvalue weighted by Gasteiger charge is -2.35. The number of hydrogen-bond acceptors (Lipinski definition) is 5. The number of nitrogens with zero attached hydrogens (tertiary/aromatic N) is 3. The lowest BCUT2D eigenvalue weighted by atomic mass is 9.94. The molecule has 1 aliphatic heterocycles. The number of ether oxygens (including phenoxy) is 1. The molecule has 2 amide bonds. The molecule has 1 atom stereocenters. The number of carbonyl (C=O) groups is 1. The first-order valence-corrected chi connectivity index (χ1v) is 12.0. The number of aromatic nitrogens is 2. The average molecular weight is 481 g/mol. The van der Waals surface area contributed by atoms with Crippen molar-refractivity contribution in [1.82, 2.24) is 20.4 Å². The molecule has 0 saturated heterocycles. The number of aryl methyl sites for hydroxylation is 1. The standard InChI is InChI=1S/C29H28N4O3/c1-4-20-10-14-23(15-11-20)27-31-28(36-32-27)25-19(2)33(18-21-12-16-24(35-3)17-13-21)29(34)30-26(25)22-8-6-5-7-9-22/h5-17,26H,4,18H2,1-3H3,(H,30,34). The van der Waals surface area contributed by atoms with E-state index in [-0.39, 0.29) is 6.03 Å². The first-order valence-electron chi connectivity index (χ1n) is 12.0. The highest BCUT2D eigenvalue weighted by Gasteiger charge is 2.35. The molecule has 0 aliphatic carbocycles. The molecular weight excluding hydrogens is 452 g/mol. The molecule has 182 valence electrons. The van der Waals surface area contributed by atoms with Crippen LogP contribution in [0.5, 0.6) is 5.75 Å². The molecule has 7 nitrogen and oxygen atoms in total. The molecule has 0 saturated carbocycles. The van der Waals surface area contributed by atoms with Gasteiger partial charge in [0.25, 0.3) is 5.89 Å². The number of amides is 2. The maximum Gasteiger partial charge on any atom is 0.322 e. The third kappa shape index (κ3) is 4.60. The number of urea groups is 1. The maximum atomic E-state index is 13.3. The summed E-state index contributed by atoms with van der Waals surface area (Å²) < 4.78 is 11.0. The van der Waals surface area contributed by atoms with Crippen molar-refractivity contribution in [2.24, 2.45) is 0 Å². The molecule has 3 aromatic carbocycles. The van der Waals surface area contributed by atoms with Gasteiger partial charge in [-0.1, -0.05) is 78.8 Å². The molecule has 0 spiro atoms. The lowest BCUT2D eigenvalue weighted by molar-refractivity contribution is 0.203.